The topological polar surface area (TPSA) is 26.0 Å². The van der Waals surface area contributed by atoms with Crippen LogP contribution in [0.15, 0.2) is 23.8 Å². The van der Waals surface area contributed by atoms with Gasteiger partial charge in [0.05, 0.1) is 0 Å². The quantitative estimate of drug-likeness (QED) is 0.670. The van der Waals surface area contributed by atoms with Crippen molar-refractivity contribution in [1.82, 2.24) is 0 Å². The molecule has 74 valence electrons. The van der Waals surface area contributed by atoms with E-state index < -0.39 is 0 Å². The predicted molar refractivity (Wildman–Crippen MR) is 62.1 cm³/mol. The zero-order valence-corrected chi connectivity index (χ0v) is 8.93. The van der Waals surface area contributed by atoms with Crippen LogP contribution in [0, 0.1) is 0 Å². The van der Waals surface area contributed by atoms with E-state index in [4.69, 9.17) is 5.73 Å². The molecular weight excluding hydrogens is 170 g/mol. The molecule has 0 spiro atoms. The van der Waals surface area contributed by atoms with Crippen LogP contribution >= 0.6 is 0 Å². The standard InChI is InChI=1S/C13H17N/c1-3-9(2)12-6-4-10-8-11(14)5-7-13(10)12/h5,7-8H,3-4,6,14H2,1-2H3/b12-9-. The van der Waals surface area contributed by atoms with Crippen LogP contribution in [-0.2, 0) is 6.42 Å². The molecule has 0 saturated heterocycles. The summed E-state index contributed by atoms with van der Waals surface area (Å²) in [5.41, 5.74) is 12.6. The van der Waals surface area contributed by atoms with Gasteiger partial charge in [0.2, 0.25) is 0 Å². The molecule has 1 aliphatic rings. The number of rotatable bonds is 1. The highest BCUT2D eigenvalue weighted by Crippen LogP contribution is 2.35. The van der Waals surface area contributed by atoms with Gasteiger partial charge in [-0.15, -0.1) is 0 Å². The van der Waals surface area contributed by atoms with Crippen molar-refractivity contribution in [2.75, 3.05) is 5.73 Å². The summed E-state index contributed by atoms with van der Waals surface area (Å²) in [5, 5.41) is 0. The Labute approximate surface area is 85.6 Å². The summed E-state index contributed by atoms with van der Waals surface area (Å²) < 4.78 is 0. The molecule has 0 aliphatic heterocycles. The van der Waals surface area contributed by atoms with Crippen LogP contribution in [-0.4, -0.2) is 0 Å². The maximum atomic E-state index is 5.77. The van der Waals surface area contributed by atoms with Gasteiger partial charge >= 0.3 is 0 Å². The summed E-state index contributed by atoms with van der Waals surface area (Å²) in [6.07, 6.45) is 3.50. The van der Waals surface area contributed by atoms with E-state index in [1.54, 1.807) is 5.57 Å². The van der Waals surface area contributed by atoms with Gasteiger partial charge in [-0.2, -0.15) is 0 Å². The summed E-state index contributed by atoms with van der Waals surface area (Å²) in [6.45, 7) is 4.46. The minimum absolute atomic E-state index is 0.888. The lowest BCUT2D eigenvalue weighted by Gasteiger charge is -2.05. The lowest BCUT2D eigenvalue weighted by molar-refractivity contribution is 1.04. The molecule has 0 heterocycles. The average Bonchev–Trinajstić information content (AvgIpc) is 2.59. The number of hydrogen-bond donors (Lipinski definition) is 1. The maximum Gasteiger partial charge on any atom is 0.0317 e. The fraction of sp³-hybridized carbons (Fsp3) is 0.385. The van der Waals surface area contributed by atoms with Gasteiger partial charge in [0.1, 0.15) is 0 Å². The third-order valence-electron chi connectivity index (χ3n) is 3.14. The van der Waals surface area contributed by atoms with Crippen molar-refractivity contribution in [3.05, 3.63) is 34.9 Å². The van der Waals surface area contributed by atoms with Crippen molar-refractivity contribution in [2.24, 2.45) is 0 Å². The molecule has 1 aliphatic carbocycles. The minimum Gasteiger partial charge on any atom is -0.399 e. The van der Waals surface area contributed by atoms with Crippen molar-refractivity contribution in [3.8, 4) is 0 Å². The second-order valence-electron chi connectivity index (χ2n) is 4.03. The molecule has 0 saturated carbocycles. The number of anilines is 1. The molecule has 0 atom stereocenters. The van der Waals surface area contributed by atoms with E-state index in [9.17, 15) is 0 Å². The highest BCUT2D eigenvalue weighted by molar-refractivity contribution is 5.76. The van der Waals surface area contributed by atoms with Gasteiger partial charge < -0.3 is 5.73 Å². The highest BCUT2D eigenvalue weighted by atomic mass is 14.5. The molecule has 2 N–H and O–H groups in total. The van der Waals surface area contributed by atoms with E-state index in [-0.39, 0.29) is 0 Å². The van der Waals surface area contributed by atoms with Gasteiger partial charge in [-0.25, -0.2) is 0 Å². The van der Waals surface area contributed by atoms with Crippen LogP contribution in [0.3, 0.4) is 0 Å². The fourth-order valence-electron chi connectivity index (χ4n) is 2.17. The Bertz CT molecular complexity index is 388. The van der Waals surface area contributed by atoms with Crippen molar-refractivity contribution >= 4 is 11.3 Å². The molecule has 14 heavy (non-hydrogen) atoms. The number of hydrogen-bond acceptors (Lipinski definition) is 1. The lowest BCUT2D eigenvalue weighted by atomic mass is 10.0. The number of nitrogens with two attached hydrogens (primary N) is 1. The summed E-state index contributed by atoms with van der Waals surface area (Å²) in [4.78, 5) is 0. The van der Waals surface area contributed by atoms with Crippen molar-refractivity contribution in [3.63, 3.8) is 0 Å². The normalized spacial score (nSPS) is 18.1. The van der Waals surface area contributed by atoms with E-state index >= 15 is 0 Å². The number of fused-ring (bicyclic) bond motifs is 1. The van der Waals surface area contributed by atoms with Crippen LogP contribution < -0.4 is 5.73 Å². The first-order chi connectivity index (χ1) is 6.72. The molecule has 2 rings (SSSR count). The SMILES string of the molecule is CC/C(C)=C1/CCc2cc(N)ccc21. The minimum atomic E-state index is 0.888. The summed E-state index contributed by atoms with van der Waals surface area (Å²) >= 11 is 0. The average molecular weight is 187 g/mol. The van der Waals surface area contributed by atoms with Crippen molar-refractivity contribution < 1.29 is 0 Å². The fourth-order valence-corrected chi connectivity index (χ4v) is 2.17. The summed E-state index contributed by atoms with van der Waals surface area (Å²) in [6, 6.07) is 6.30. The Kier molecular flexibility index (Phi) is 2.32. The summed E-state index contributed by atoms with van der Waals surface area (Å²) in [7, 11) is 0. The first-order valence-electron chi connectivity index (χ1n) is 5.29. The van der Waals surface area contributed by atoms with Gasteiger partial charge in [0, 0.05) is 5.69 Å². The molecule has 0 fully saturated rings. The largest absolute Gasteiger partial charge is 0.399 e. The molecule has 1 nitrogen and oxygen atoms in total. The summed E-state index contributed by atoms with van der Waals surface area (Å²) in [5.74, 6) is 0. The Morgan fingerprint density at radius 1 is 1.36 bits per heavy atom. The Hall–Kier alpha value is -1.24. The van der Waals surface area contributed by atoms with Gasteiger partial charge in [0.25, 0.3) is 0 Å². The number of allylic oxidation sites excluding steroid dienone is 2. The first-order valence-corrected chi connectivity index (χ1v) is 5.29. The number of aryl methyl sites for hydroxylation is 1. The second kappa shape index (κ2) is 3.49. The van der Waals surface area contributed by atoms with E-state index in [2.05, 4.69) is 26.0 Å². The monoisotopic (exact) mass is 187 g/mol. The lowest BCUT2D eigenvalue weighted by Crippen LogP contribution is -1.88. The van der Waals surface area contributed by atoms with E-state index in [0.717, 1.165) is 18.5 Å². The third-order valence-corrected chi connectivity index (χ3v) is 3.14. The molecule has 0 unspecified atom stereocenters. The third kappa shape index (κ3) is 1.43. The van der Waals surface area contributed by atoms with Gasteiger partial charge in [-0.3, -0.25) is 0 Å². The van der Waals surface area contributed by atoms with Crippen LogP contribution in [0.4, 0.5) is 5.69 Å². The molecule has 1 aromatic rings. The van der Waals surface area contributed by atoms with Crippen LogP contribution in [0.2, 0.25) is 0 Å². The second-order valence-corrected chi connectivity index (χ2v) is 4.03. The highest BCUT2D eigenvalue weighted by Gasteiger charge is 2.17. The van der Waals surface area contributed by atoms with Gasteiger partial charge in [-0.05, 0) is 55.0 Å². The Morgan fingerprint density at radius 2 is 2.14 bits per heavy atom. The Morgan fingerprint density at radius 3 is 2.86 bits per heavy atom. The first kappa shape index (κ1) is 9.32. The molecule has 0 amide bonds. The van der Waals surface area contributed by atoms with Crippen molar-refractivity contribution in [1.29, 1.82) is 0 Å². The number of benzene rings is 1. The molecule has 0 bridgehead atoms. The zero-order valence-electron chi connectivity index (χ0n) is 8.93. The van der Waals surface area contributed by atoms with E-state index in [1.807, 2.05) is 6.07 Å². The van der Waals surface area contributed by atoms with E-state index in [1.165, 1.54) is 23.1 Å². The molecule has 0 radical (unpaired) electrons. The maximum absolute atomic E-state index is 5.77. The van der Waals surface area contributed by atoms with E-state index in [0.29, 0.717) is 0 Å². The molecule has 1 heteroatoms. The van der Waals surface area contributed by atoms with Crippen molar-refractivity contribution in [2.45, 2.75) is 33.1 Å². The van der Waals surface area contributed by atoms with Gasteiger partial charge in [0.15, 0.2) is 0 Å². The van der Waals surface area contributed by atoms with Crippen LogP contribution in [0.25, 0.3) is 5.57 Å². The molecular formula is C13H17N. The molecule has 0 aromatic heterocycles. The zero-order chi connectivity index (χ0) is 10.1. The van der Waals surface area contributed by atoms with Gasteiger partial charge in [-0.1, -0.05) is 18.6 Å². The predicted octanol–water partition coefficient (Wildman–Crippen LogP) is 3.40. The Balaban J connectivity index is 2.50. The van der Waals surface area contributed by atoms with Crippen LogP contribution in [0.5, 0.6) is 0 Å². The van der Waals surface area contributed by atoms with Crippen LogP contribution in [0.1, 0.15) is 37.8 Å². The smallest absolute Gasteiger partial charge is 0.0317 e. The number of nitrogen functional groups attached to an aromatic ring is 1. The molecule has 1 aromatic carbocycles.